The van der Waals surface area contributed by atoms with Gasteiger partial charge in [-0.3, -0.25) is 0 Å². The van der Waals surface area contributed by atoms with Crippen molar-refractivity contribution in [3.63, 3.8) is 0 Å². The van der Waals surface area contributed by atoms with Gasteiger partial charge in [-0.25, -0.2) is 0 Å². The first-order valence-electron chi connectivity index (χ1n) is 8.00. The summed E-state index contributed by atoms with van der Waals surface area (Å²) in [5.41, 5.74) is 2.74. The molecule has 102 valence electrons. The number of benzene rings is 1. The highest BCUT2D eigenvalue weighted by Gasteiger charge is 2.39. The van der Waals surface area contributed by atoms with Gasteiger partial charge in [-0.05, 0) is 62.1 Å². The maximum absolute atomic E-state index is 3.81. The fraction of sp³-hybridized carbons (Fsp3) is 0.647. The van der Waals surface area contributed by atoms with Crippen LogP contribution in [0, 0.1) is 11.8 Å². The van der Waals surface area contributed by atoms with Crippen LogP contribution in [0.15, 0.2) is 24.3 Å². The lowest BCUT2D eigenvalue weighted by atomic mass is 9.95. The maximum Gasteiger partial charge on any atom is 0.0386 e. The van der Waals surface area contributed by atoms with Crippen molar-refractivity contribution in [2.24, 2.45) is 11.8 Å². The summed E-state index contributed by atoms with van der Waals surface area (Å²) in [6, 6.07) is 9.82. The van der Waals surface area contributed by atoms with E-state index in [9.17, 15) is 0 Å². The van der Waals surface area contributed by atoms with Crippen LogP contribution in [0.1, 0.15) is 38.5 Å². The van der Waals surface area contributed by atoms with Gasteiger partial charge in [-0.1, -0.05) is 12.5 Å². The Kier molecular flexibility index (Phi) is 2.90. The van der Waals surface area contributed by atoms with Gasteiger partial charge < -0.3 is 10.2 Å². The summed E-state index contributed by atoms with van der Waals surface area (Å²) in [6.07, 6.45) is 8.51. The summed E-state index contributed by atoms with van der Waals surface area (Å²) >= 11 is 0. The number of rotatable bonds is 3. The minimum absolute atomic E-state index is 0.743. The summed E-state index contributed by atoms with van der Waals surface area (Å²) in [5, 5.41) is 3.81. The van der Waals surface area contributed by atoms with Crippen LogP contribution in [0.4, 0.5) is 11.4 Å². The highest BCUT2D eigenvalue weighted by atomic mass is 15.1. The van der Waals surface area contributed by atoms with Crippen LogP contribution in [0.2, 0.25) is 0 Å². The van der Waals surface area contributed by atoms with E-state index in [4.69, 9.17) is 0 Å². The molecule has 3 unspecified atom stereocenters. The van der Waals surface area contributed by atoms with Crippen molar-refractivity contribution in [3.05, 3.63) is 24.3 Å². The molecule has 3 aliphatic rings. The highest BCUT2D eigenvalue weighted by Crippen LogP contribution is 2.45. The largest absolute Gasteiger partial charge is 0.382 e. The van der Waals surface area contributed by atoms with Crippen molar-refractivity contribution in [3.8, 4) is 0 Å². The minimum atomic E-state index is 0.743. The minimum Gasteiger partial charge on any atom is -0.382 e. The van der Waals surface area contributed by atoms with Crippen molar-refractivity contribution >= 4 is 11.4 Å². The normalized spacial score (nSPS) is 33.1. The number of hydrogen-bond donors (Lipinski definition) is 1. The summed E-state index contributed by atoms with van der Waals surface area (Å²) in [7, 11) is 0. The van der Waals surface area contributed by atoms with Gasteiger partial charge in [0.1, 0.15) is 0 Å². The fourth-order valence-corrected chi connectivity index (χ4v) is 4.40. The van der Waals surface area contributed by atoms with E-state index in [-0.39, 0.29) is 0 Å². The zero-order chi connectivity index (χ0) is 12.7. The Labute approximate surface area is 116 Å². The van der Waals surface area contributed by atoms with Crippen LogP contribution in [0.25, 0.3) is 0 Å². The monoisotopic (exact) mass is 256 g/mol. The second-order valence-corrected chi connectivity index (χ2v) is 6.67. The van der Waals surface area contributed by atoms with E-state index < -0.39 is 0 Å². The van der Waals surface area contributed by atoms with E-state index >= 15 is 0 Å². The van der Waals surface area contributed by atoms with Gasteiger partial charge in [0.25, 0.3) is 0 Å². The fourth-order valence-electron chi connectivity index (χ4n) is 4.40. The number of fused-ring (bicyclic) bond motifs is 2. The molecule has 3 fully saturated rings. The van der Waals surface area contributed by atoms with E-state index in [0.29, 0.717) is 0 Å². The Morgan fingerprint density at radius 1 is 1.05 bits per heavy atom. The van der Waals surface area contributed by atoms with Crippen LogP contribution >= 0.6 is 0 Å². The molecule has 2 nitrogen and oxygen atoms in total. The molecule has 1 N–H and O–H groups in total. The third-order valence-electron chi connectivity index (χ3n) is 5.41. The predicted octanol–water partition coefficient (Wildman–Crippen LogP) is 3.89. The van der Waals surface area contributed by atoms with E-state index in [1.54, 1.807) is 0 Å². The van der Waals surface area contributed by atoms with Gasteiger partial charge in [0, 0.05) is 30.5 Å². The zero-order valence-corrected chi connectivity index (χ0v) is 11.6. The van der Waals surface area contributed by atoms with Gasteiger partial charge in [0.05, 0.1) is 0 Å². The molecule has 2 heteroatoms. The van der Waals surface area contributed by atoms with Crippen LogP contribution in [0.5, 0.6) is 0 Å². The summed E-state index contributed by atoms with van der Waals surface area (Å²) in [4.78, 5) is 2.52. The molecule has 19 heavy (non-hydrogen) atoms. The van der Waals surface area contributed by atoms with Gasteiger partial charge >= 0.3 is 0 Å². The van der Waals surface area contributed by atoms with Crippen molar-refractivity contribution < 1.29 is 0 Å². The number of hydrogen-bond acceptors (Lipinski definition) is 2. The lowest BCUT2D eigenvalue weighted by Crippen LogP contribution is -2.26. The zero-order valence-electron chi connectivity index (χ0n) is 11.6. The molecule has 0 spiro atoms. The molecule has 1 aromatic carbocycles. The van der Waals surface area contributed by atoms with Crippen LogP contribution in [-0.2, 0) is 0 Å². The Bertz CT molecular complexity index is 450. The number of nitrogens with zero attached hydrogens (tertiary/aromatic N) is 1. The number of nitrogens with one attached hydrogen (secondary N) is 1. The average molecular weight is 256 g/mol. The van der Waals surface area contributed by atoms with Crippen molar-refractivity contribution in [1.82, 2.24) is 0 Å². The van der Waals surface area contributed by atoms with Gasteiger partial charge in [-0.15, -0.1) is 0 Å². The van der Waals surface area contributed by atoms with Gasteiger partial charge in [0.15, 0.2) is 0 Å². The summed E-state index contributed by atoms with van der Waals surface area (Å²) < 4.78 is 0. The Hall–Kier alpha value is -1.18. The maximum atomic E-state index is 3.81. The highest BCUT2D eigenvalue weighted by molar-refractivity contribution is 5.59. The van der Waals surface area contributed by atoms with Gasteiger partial charge in [-0.2, -0.15) is 0 Å². The average Bonchev–Trinajstić information content (AvgIpc) is 3.17. The van der Waals surface area contributed by atoms with Crippen LogP contribution in [-0.4, -0.2) is 19.1 Å². The predicted molar refractivity (Wildman–Crippen MR) is 80.7 cm³/mol. The van der Waals surface area contributed by atoms with Crippen molar-refractivity contribution in [2.45, 2.75) is 44.6 Å². The van der Waals surface area contributed by atoms with Crippen molar-refractivity contribution in [2.75, 3.05) is 23.3 Å². The molecule has 2 aliphatic carbocycles. The molecule has 1 aliphatic heterocycles. The quantitative estimate of drug-likeness (QED) is 0.882. The molecule has 1 saturated heterocycles. The lowest BCUT2D eigenvalue weighted by molar-refractivity contribution is 0.440. The van der Waals surface area contributed by atoms with E-state index in [1.807, 2.05) is 0 Å². The van der Waals surface area contributed by atoms with E-state index in [2.05, 4.69) is 34.5 Å². The Balaban J connectivity index is 1.47. The lowest BCUT2D eigenvalue weighted by Gasteiger charge is -2.25. The first kappa shape index (κ1) is 11.6. The summed E-state index contributed by atoms with van der Waals surface area (Å²) in [5.74, 6) is 1.96. The van der Waals surface area contributed by atoms with Crippen LogP contribution in [0.3, 0.4) is 0 Å². The molecule has 4 rings (SSSR count). The second kappa shape index (κ2) is 4.73. The molecular formula is C17H24N2. The molecule has 2 saturated carbocycles. The molecule has 1 aromatic rings. The SMILES string of the molecule is c1cc(NC2CC3CCC2C3)cc(N2CCCC2)c1. The smallest absolute Gasteiger partial charge is 0.0386 e. The first-order valence-corrected chi connectivity index (χ1v) is 8.00. The molecule has 3 atom stereocenters. The molecular weight excluding hydrogens is 232 g/mol. The van der Waals surface area contributed by atoms with E-state index in [1.165, 1.54) is 63.0 Å². The Morgan fingerprint density at radius 3 is 2.68 bits per heavy atom. The third kappa shape index (κ3) is 2.22. The van der Waals surface area contributed by atoms with E-state index in [0.717, 1.165) is 17.9 Å². The summed E-state index contributed by atoms with van der Waals surface area (Å²) in [6.45, 7) is 2.47. The van der Waals surface area contributed by atoms with Crippen molar-refractivity contribution in [1.29, 1.82) is 0 Å². The number of anilines is 2. The van der Waals surface area contributed by atoms with Crippen LogP contribution < -0.4 is 10.2 Å². The first-order chi connectivity index (χ1) is 9.38. The molecule has 1 heterocycles. The molecule has 2 bridgehead atoms. The molecule has 0 amide bonds. The third-order valence-corrected chi connectivity index (χ3v) is 5.41. The molecule has 0 radical (unpaired) electrons. The Morgan fingerprint density at radius 2 is 1.95 bits per heavy atom. The molecule has 0 aromatic heterocycles. The second-order valence-electron chi connectivity index (χ2n) is 6.67. The topological polar surface area (TPSA) is 15.3 Å². The van der Waals surface area contributed by atoms with Gasteiger partial charge in [0.2, 0.25) is 0 Å². The standard InChI is InChI=1S/C17H24N2/c1-2-9-19(8-1)16-5-3-4-15(12-16)18-17-11-13-6-7-14(17)10-13/h3-5,12-14,17-18H,1-2,6-11H2.